The molecule has 0 radical (unpaired) electrons. The number of aryl methyl sites for hydroxylation is 2. The fourth-order valence-corrected chi connectivity index (χ4v) is 2.48. The number of amides is 1. The zero-order valence-electron chi connectivity index (χ0n) is 16.8. The smallest absolute Gasteiger partial charge is 0.303 e. The van der Waals surface area contributed by atoms with E-state index in [-0.39, 0.29) is 29.9 Å². The van der Waals surface area contributed by atoms with Crippen LogP contribution in [0.15, 0.2) is 28.9 Å². The van der Waals surface area contributed by atoms with E-state index in [4.69, 9.17) is 9.15 Å². The molecule has 1 amide bonds. The van der Waals surface area contributed by atoms with E-state index in [1.807, 2.05) is 0 Å². The molecule has 9 nitrogen and oxygen atoms in total. The summed E-state index contributed by atoms with van der Waals surface area (Å²) < 4.78 is 38.5. The molecule has 3 heterocycles. The van der Waals surface area contributed by atoms with Crippen molar-refractivity contribution in [2.75, 3.05) is 10.6 Å². The normalized spacial score (nSPS) is 11.3. The van der Waals surface area contributed by atoms with E-state index in [1.165, 1.54) is 25.3 Å². The summed E-state index contributed by atoms with van der Waals surface area (Å²) >= 11 is 0. The van der Waals surface area contributed by atoms with Gasteiger partial charge in [0.1, 0.15) is 17.4 Å². The lowest BCUT2D eigenvalue weighted by atomic mass is 10.3. The second-order valence-corrected chi connectivity index (χ2v) is 6.63. The molecule has 0 bridgehead atoms. The number of aromatic nitrogens is 4. The van der Waals surface area contributed by atoms with Gasteiger partial charge in [-0.2, -0.15) is 8.78 Å². The van der Waals surface area contributed by atoms with Crippen LogP contribution in [0, 0.1) is 13.8 Å². The van der Waals surface area contributed by atoms with Crippen LogP contribution in [0.2, 0.25) is 0 Å². The van der Waals surface area contributed by atoms with Crippen molar-refractivity contribution in [3.63, 3.8) is 0 Å². The van der Waals surface area contributed by atoms with Gasteiger partial charge in [-0.1, -0.05) is 0 Å². The van der Waals surface area contributed by atoms with Crippen molar-refractivity contribution in [2.45, 2.75) is 40.2 Å². The summed E-state index contributed by atoms with van der Waals surface area (Å²) in [6, 6.07) is 3.01. The van der Waals surface area contributed by atoms with Crippen LogP contribution in [0.4, 0.5) is 26.1 Å². The monoisotopic (exact) mass is 418 g/mol. The predicted octanol–water partition coefficient (Wildman–Crippen LogP) is 3.87. The van der Waals surface area contributed by atoms with Gasteiger partial charge in [0.05, 0.1) is 18.1 Å². The highest BCUT2D eigenvalue weighted by molar-refractivity contribution is 5.88. The first-order chi connectivity index (χ1) is 14.1. The minimum absolute atomic E-state index is 0.0186. The Hall–Kier alpha value is -3.63. The third kappa shape index (κ3) is 5.46. The zero-order chi connectivity index (χ0) is 21.9. The topological polar surface area (TPSA) is 115 Å². The number of pyridine rings is 1. The van der Waals surface area contributed by atoms with E-state index in [0.717, 1.165) is 6.92 Å². The fourth-order valence-electron chi connectivity index (χ4n) is 2.48. The van der Waals surface area contributed by atoms with Gasteiger partial charge in [-0.15, -0.1) is 0 Å². The van der Waals surface area contributed by atoms with Gasteiger partial charge in [-0.25, -0.2) is 19.9 Å². The molecule has 3 aromatic heterocycles. The molecule has 0 aromatic carbocycles. The van der Waals surface area contributed by atoms with Crippen molar-refractivity contribution in [1.82, 2.24) is 19.9 Å². The minimum atomic E-state index is -3.20. The molecule has 3 aromatic rings. The second-order valence-electron chi connectivity index (χ2n) is 6.63. The summed E-state index contributed by atoms with van der Waals surface area (Å²) in [4.78, 5) is 27.2. The van der Waals surface area contributed by atoms with E-state index in [9.17, 15) is 13.6 Å². The number of halogens is 2. The van der Waals surface area contributed by atoms with Gasteiger partial charge in [-0.3, -0.25) is 4.79 Å². The quantitative estimate of drug-likeness (QED) is 0.594. The lowest BCUT2D eigenvalue weighted by molar-refractivity contribution is -0.114. The number of nitrogens with zero attached hydrogens (tertiary/aromatic N) is 4. The van der Waals surface area contributed by atoms with Crippen LogP contribution in [0.25, 0.3) is 0 Å². The van der Waals surface area contributed by atoms with E-state index in [1.54, 1.807) is 20.0 Å². The lowest BCUT2D eigenvalue weighted by Gasteiger charge is -2.15. The van der Waals surface area contributed by atoms with Crippen molar-refractivity contribution >= 4 is 23.2 Å². The van der Waals surface area contributed by atoms with Gasteiger partial charge in [0.25, 0.3) is 0 Å². The molecule has 0 aliphatic carbocycles. The molecule has 2 N–H and O–H groups in total. The fraction of sp³-hybridized carbons (Fsp3) is 0.316. The van der Waals surface area contributed by atoms with E-state index < -0.39 is 11.7 Å². The van der Waals surface area contributed by atoms with Crippen LogP contribution in [0.1, 0.15) is 37.0 Å². The number of hydrogen-bond donors (Lipinski definition) is 2. The van der Waals surface area contributed by atoms with Crippen molar-refractivity contribution in [2.24, 2.45) is 0 Å². The Morgan fingerprint density at radius 3 is 2.57 bits per heavy atom. The zero-order valence-corrected chi connectivity index (χ0v) is 16.8. The number of hydrogen-bond acceptors (Lipinski definition) is 8. The first kappa shape index (κ1) is 21.1. The van der Waals surface area contributed by atoms with Crippen molar-refractivity contribution in [3.8, 4) is 5.75 Å². The van der Waals surface area contributed by atoms with Crippen LogP contribution in [0.3, 0.4) is 0 Å². The molecule has 0 unspecified atom stereocenters. The minimum Gasteiger partial charge on any atom is -0.480 e. The Morgan fingerprint density at radius 1 is 1.17 bits per heavy atom. The average molecular weight is 418 g/mol. The number of carbonyl (C=O) groups is 1. The molecular formula is C19H20F2N6O3. The third-order valence-corrected chi connectivity index (χ3v) is 3.70. The molecule has 0 atom stereocenters. The number of rotatable bonds is 7. The van der Waals surface area contributed by atoms with E-state index >= 15 is 0 Å². The SMILES string of the molecule is CC(=O)Nc1cc(Nc2cc(C)nc(C(C)(F)F)n2)c(OCc2ncc(C)o2)cn1. The van der Waals surface area contributed by atoms with Crippen molar-refractivity contribution in [1.29, 1.82) is 0 Å². The highest BCUT2D eigenvalue weighted by Gasteiger charge is 2.29. The van der Waals surface area contributed by atoms with Gasteiger partial charge in [0, 0.05) is 31.7 Å². The molecule has 11 heteroatoms. The van der Waals surface area contributed by atoms with Gasteiger partial charge in [0.15, 0.2) is 12.4 Å². The van der Waals surface area contributed by atoms with Crippen LogP contribution < -0.4 is 15.4 Å². The molecule has 30 heavy (non-hydrogen) atoms. The largest absolute Gasteiger partial charge is 0.480 e. The Morgan fingerprint density at radius 2 is 1.93 bits per heavy atom. The summed E-state index contributed by atoms with van der Waals surface area (Å²) in [6.07, 6.45) is 2.94. The number of ether oxygens (including phenoxy) is 1. The Balaban J connectivity index is 1.92. The number of carbonyl (C=O) groups excluding carboxylic acids is 1. The predicted molar refractivity (Wildman–Crippen MR) is 104 cm³/mol. The third-order valence-electron chi connectivity index (χ3n) is 3.70. The molecule has 0 aliphatic rings. The summed E-state index contributed by atoms with van der Waals surface area (Å²) in [5.74, 6) is -2.48. The second kappa shape index (κ2) is 8.39. The van der Waals surface area contributed by atoms with E-state index in [0.29, 0.717) is 23.0 Å². The lowest BCUT2D eigenvalue weighted by Crippen LogP contribution is -2.14. The van der Waals surface area contributed by atoms with E-state index in [2.05, 4.69) is 30.6 Å². The van der Waals surface area contributed by atoms with Gasteiger partial charge < -0.3 is 19.8 Å². The first-order valence-electron chi connectivity index (χ1n) is 8.93. The number of oxazole rings is 1. The maximum atomic E-state index is 13.7. The molecule has 0 fully saturated rings. The first-order valence-corrected chi connectivity index (χ1v) is 8.93. The Labute approximate surface area is 170 Å². The van der Waals surface area contributed by atoms with Crippen molar-refractivity contribution in [3.05, 3.63) is 47.7 Å². The summed E-state index contributed by atoms with van der Waals surface area (Å²) in [7, 11) is 0. The number of anilines is 3. The van der Waals surface area contributed by atoms with Crippen LogP contribution in [-0.2, 0) is 17.3 Å². The summed E-state index contributed by atoms with van der Waals surface area (Å²) in [5.41, 5.74) is 0.707. The summed E-state index contributed by atoms with van der Waals surface area (Å²) in [6.45, 7) is 5.42. The Kier molecular flexibility index (Phi) is 5.90. The highest BCUT2D eigenvalue weighted by Crippen LogP contribution is 2.31. The van der Waals surface area contributed by atoms with Crippen LogP contribution in [-0.4, -0.2) is 25.8 Å². The number of alkyl halides is 2. The highest BCUT2D eigenvalue weighted by atomic mass is 19.3. The van der Waals surface area contributed by atoms with Crippen LogP contribution >= 0.6 is 0 Å². The molecule has 158 valence electrons. The molecule has 0 spiro atoms. The maximum Gasteiger partial charge on any atom is 0.303 e. The van der Waals surface area contributed by atoms with Gasteiger partial charge in [-0.05, 0) is 13.8 Å². The average Bonchev–Trinajstić information content (AvgIpc) is 3.04. The van der Waals surface area contributed by atoms with Gasteiger partial charge in [0.2, 0.25) is 17.6 Å². The van der Waals surface area contributed by atoms with Crippen LogP contribution in [0.5, 0.6) is 5.75 Å². The molecule has 0 aliphatic heterocycles. The maximum absolute atomic E-state index is 13.7. The molecular weight excluding hydrogens is 398 g/mol. The standard InChI is InChI=1S/C19H20F2N6O3/c1-10-5-16(27-18(24-10)19(4,20)21)26-13-6-15(25-12(3)28)22-8-14(13)29-9-17-23-7-11(2)30-17/h5-8H,9H2,1-4H3,(H2,22,24,25,26,27,28). The van der Waals surface area contributed by atoms with Gasteiger partial charge >= 0.3 is 5.92 Å². The number of nitrogens with one attached hydrogen (secondary N) is 2. The summed E-state index contributed by atoms with van der Waals surface area (Å²) in [5, 5.41) is 5.48. The molecule has 0 saturated heterocycles. The Bertz CT molecular complexity index is 1060. The molecule has 3 rings (SSSR count). The van der Waals surface area contributed by atoms with Crippen molar-refractivity contribution < 1.29 is 22.7 Å². The molecule has 0 saturated carbocycles.